The molecule has 0 atom stereocenters. The Bertz CT molecular complexity index is 1060. The molecular weight excluding hydrogens is 409 g/mol. The van der Waals surface area contributed by atoms with E-state index in [2.05, 4.69) is 10.6 Å². The Kier molecular flexibility index (Phi) is 5.83. The van der Waals surface area contributed by atoms with E-state index in [4.69, 9.17) is 16.0 Å². The van der Waals surface area contributed by atoms with Crippen LogP contribution in [0.2, 0.25) is 5.02 Å². The Labute approximate surface area is 168 Å². The largest absolute Gasteiger partial charge is 0.451 e. The molecule has 2 N–H and O–H groups in total. The first-order valence-electron chi connectivity index (χ1n) is 8.59. The lowest BCUT2D eigenvalue weighted by atomic mass is 10.1. The van der Waals surface area contributed by atoms with E-state index in [0.717, 1.165) is 29.7 Å². The highest BCUT2D eigenvalue weighted by Gasteiger charge is 2.30. The van der Waals surface area contributed by atoms with Crippen molar-refractivity contribution >= 4 is 34.4 Å². The first-order chi connectivity index (χ1) is 13.7. The fraction of sp³-hybridized carbons (Fsp3) is 0.200. The van der Waals surface area contributed by atoms with E-state index in [1.807, 2.05) is 0 Å². The van der Waals surface area contributed by atoms with Crippen LogP contribution in [0.4, 0.5) is 13.2 Å². The van der Waals surface area contributed by atoms with E-state index in [9.17, 15) is 22.8 Å². The van der Waals surface area contributed by atoms with Crippen molar-refractivity contribution < 1.29 is 27.2 Å². The summed E-state index contributed by atoms with van der Waals surface area (Å²) in [6, 6.07) is 8.91. The number of halogens is 4. The normalized spacial score (nSPS) is 11.5. The molecule has 0 saturated heterocycles. The van der Waals surface area contributed by atoms with Crippen LogP contribution >= 0.6 is 11.6 Å². The van der Waals surface area contributed by atoms with Gasteiger partial charge in [0.1, 0.15) is 5.58 Å². The van der Waals surface area contributed by atoms with E-state index in [1.54, 1.807) is 25.1 Å². The van der Waals surface area contributed by atoms with E-state index in [-0.39, 0.29) is 24.4 Å². The second-order valence-corrected chi connectivity index (χ2v) is 6.72. The summed E-state index contributed by atoms with van der Waals surface area (Å²) in [5, 5.41) is 6.41. The molecule has 0 aliphatic rings. The lowest BCUT2D eigenvalue weighted by Crippen LogP contribution is -2.34. The van der Waals surface area contributed by atoms with Crippen LogP contribution in [-0.2, 0) is 6.18 Å². The summed E-state index contributed by atoms with van der Waals surface area (Å²) in [7, 11) is 0. The summed E-state index contributed by atoms with van der Waals surface area (Å²) in [5.74, 6) is -0.836. The zero-order chi connectivity index (χ0) is 21.2. The van der Waals surface area contributed by atoms with Gasteiger partial charge in [-0.2, -0.15) is 13.2 Å². The van der Waals surface area contributed by atoms with Gasteiger partial charge in [-0.15, -0.1) is 0 Å². The van der Waals surface area contributed by atoms with Gasteiger partial charge in [-0.1, -0.05) is 11.6 Å². The first kappa shape index (κ1) is 20.7. The lowest BCUT2D eigenvalue weighted by molar-refractivity contribution is -0.137. The van der Waals surface area contributed by atoms with Gasteiger partial charge in [0.05, 0.1) is 5.56 Å². The Balaban J connectivity index is 1.53. The highest BCUT2D eigenvalue weighted by Crippen LogP contribution is 2.29. The summed E-state index contributed by atoms with van der Waals surface area (Å²) in [6.45, 7) is 1.95. The third-order valence-corrected chi connectivity index (χ3v) is 4.51. The number of furan rings is 1. The predicted octanol–water partition coefficient (Wildman–Crippen LogP) is 4.57. The minimum Gasteiger partial charge on any atom is -0.451 e. The van der Waals surface area contributed by atoms with Gasteiger partial charge in [-0.25, -0.2) is 0 Å². The number of benzene rings is 2. The minimum atomic E-state index is -4.46. The van der Waals surface area contributed by atoms with Gasteiger partial charge < -0.3 is 15.1 Å². The molecule has 1 heterocycles. The number of amides is 2. The number of rotatable bonds is 5. The number of hydrogen-bond acceptors (Lipinski definition) is 3. The highest BCUT2D eigenvalue weighted by atomic mass is 35.5. The molecule has 3 aromatic rings. The molecule has 9 heteroatoms. The number of nitrogens with one attached hydrogen (secondary N) is 2. The summed E-state index contributed by atoms with van der Waals surface area (Å²) in [6.07, 6.45) is -4.46. The Morgan fingerprint density at radius 1 is 1.00 bits per heavy atom. The third kappa shape index (κ3) is 4.71. The van der Waals surface area contributed by atoms with Crippen molar-refractivity contribution in [2.24, 2.45) is 0 Å². The standard InChI is InChI=1S/C20H16ClF3N2O3/c1-11-15-10-14(21)6-7-16(15)29-17(11)19(28)26-9-8-25-18(27)12-2-4-13(5-3-12)20(22,23)24/h2-7,10H,8-9H2,1H3,(H,25,27)(H,26,28). The quantitative estimate of drug-likeness (QED) is 0.589. The highest BCUT2D eigenvalue weighted by molar-refractivity contribution is 6.31. The van der Waals surface area contributed by atoms with Gasteiger partial charge in [0.2, 0.25) is 0 Å². The molecule has 0 fully saturated rings. The maximum Gasteiger partial charge on any atom is 0.416 e. The molecule has 0 unspecified atom stereocenters. The second-order valence-electron chi connectivity index (χ2n) is 6.28. The van der Waals surface area contributed by atoms with Crippen molar-refractivity contribution in [3.63, 3.8) is 0 Å². The van der Waals surface area contributed by atoms with Crippen molar-refractivity contribution in [3.05, 3.63) is 69.9 Å². The molecule has 152 valence electrons. The molecule has 0 bridgehead atoms. The number of fused-ring (bicyclic) bond motifs is 1. The molecule has 0 spiro atoms. The van der Waals surface area contributed by atoms with Crippen LogP contribution in [-0.4, -0.2) is 24.9 Å². The van der Waals surface area contributed by atoms with E-state index < -0.39 is 23.6 Å². The Morgan fingerprint density at radius 2 is 1.62 bits per heavy atom. The van der Waals surface area contributed by atoms with Gasteiger partial charge >= 0.3 is 6.18 Å². The molecule has 1 aromatic heterocycles. The SMILES string of the molecule is Cc1c(C(=O)NCCNC(=O)c2ccc(C(F)(F)F)cc2)oc2ccc(Cl)cc12. The zero-order valence-corrected chi connectivity index (χ0v) is 15.9. The molecule has 0 aliphatic carbocycles. The Morgan fingerprint density at radius 3 is 2.24 bits per heavy atom. The average Bonchev–Trinajstić information content (AvgIpc) is 3.00. The molecule has 0 aliphatic heterocycles. The number of carbonyl (C=O) groups is 2. The van der Waals surface area contributed by atoms with Crippen molar-refractivity contribution in [2.75, 3.05) is 13.1 Å². The van der Waals surface area contributed by atoms with Gasteiger partial charge in [-0.05, 0) is 49.4 Å². The third-order valence-electron chi connectivity index (χ3n) is 4.27. The van der Waals surface area contributed by atoms with E-state index in [1.165, 1.54) is 0 Å². The van der Waals surface area contributed by atoms with Crippen molar-refractivity contribution in [1.29, 1.82) is 0 Å². The molecule has 2 amide bonds. The number of aryl methyl sites for hydroxylation is 1. The van der Waals surface area contributed by atoms with Gasteiger partial charge in [0.15, 0.2) is 5.76 Å². The Hall–Kier alpha value is -3.00. The number of alkyl halides is 3. The maximum atomic E-state index is 12.5. The van der Waals surface area contributed by atoms with Crippen molar-refractivity contribution in [3.8, 4) is 0 Å². The van der Waals surface area contributed by atoms with Crippen LogP contribution < -0.4 is 10.6 Å². The van der Waals surface area contributed by atoms with Crippen LogP contribution in [0.3, 0.4) is 0 Å². The topological polar surface area (TPSA) is 71.3 Å². The van der Waals surface area contributed by atoms with Gasteiger partial charge in [-0.3, -0.25) is 9.59 Å². The maximum absolute atomic E-state index is 12.5. The van der Waals surface area contributed by atoms with Crippen LogP contribution in [0.1, 0.15) is 32.0 Å². The summed E-state index contributed by atoms with van der Waals surface area (Å²) in [4.78, 5) is 24.3. The fourth-order valence-corrected chi connectivity index (χ4v) is 2.93. The molecule has 29 heavy (non-hydrogen) atoms. The zero-order valence-electron chi connectivity index (χ0n) is 15.2. The number of carbonyl (C=O) groups excluding carboxylic acids is 2. The second kappa shape index (κ2) is 8.16. The fourth-order valence-electron chi connectivity index (χ4n) is 2.75. The van der Waals surface area contributed by atoms with Gasteiger partial charge in [0, 0.05) is 34.6 Å². The summed E-state index contributed by atoms with van der Waals surface area (Å²) < 4.78 is 43.2. The minimum absolute atomic E-state index is 0.0920. The van der Waals surface area contributed by atoms with Crippen molar-refractivity contribution in [1.82, 2.24) is 10.6 Å². The molecule has 0 saturated carbocycles. The average molecular weight is 425 g/mol. The van der Waals surface area contributed by atoms with E-state index >= 15 is 0 Å². The van der Waals surface area contributed by atoms with E-state index in [0.29, 0.717) is 16.2 Å². The monoisotopic (exact) mass is 424 g/mol. The molecule has 3 rings (SSSR count). The summed E-state index contributed by atoms with van der Waals surface area (Å²) >= 11 is 5.95. The van der Waals surface area contributed by atoms with Crippen LogP contribution in [0.25, 0.3) is 11.0 Å². The lowest BCUT2D eigenvalue weighted by Gasteiger charge is -2.09. The molecule has 2 aromatic carbocycles. The predicted molar refractivity (Wildman–Crippen MR) is 102 cm³/mol. The smallest absolute Gasteiger partial charge is 0.416 e. The first-order valence-corrected chi connectivity index (χ1v) is 8.97. The van der Waals surface area contributed by atoms with Crippen LogP contribution in [0, 0.1) is 6.92 Å². The molecule has 5 nitrogen and oxygen atoms in total. The molecule has 0 radical (unpaired) electrons. The number of hydrogen-bond donors (Lipinski definition) is 2. The van der Waals surface area contributed by atoms with Crippen LogP contribution in [0.15, 0.2) is 46.9 Å². The summed E-state index contributed by atoms with van der Waals surface area (Å²) in [5.41, 5.74) is 0.444. The van der Waals surface area contributed by atoms with Crippen LogP contribution in [0.5, 0.6) is 0 Å². The van der Waals surface area contributed by atoms with Crippen molar-refractivity contribution in [2.45, 2.75) is 13.1 Å². The van der Waals surface area contributed by atoms with Gasteiger partial charge in [0.25, 0.3) is 11.8 Å². The molecular formula is C20H16ClF3N2O3.